The Morgan fingerprint density at radius 2 is 1.97 bits per heavy atom. The van der Waals surface area contributed by atoms with E-state index in [1.807, 2.05) is 0 Å². The molecule has 0 saturated carbocycles. The predicted octanol–water partition coefficient (Wildman–Crippen LogP) is 3.26. The normalized spacial score (nSPS) is 18.1. The molecule has 4 rings (SSSR count). The Labute approximate surface area is 172 Å². The molecule has 0 bridgehead atoms. The van der Waals surface area contributed by atoms with E-state index in [4.69, 9.17) is 21.1 Å². The number of halogens is 2. The molecule has 0 N–H and O–H groups in total. The van der Waals surface area contributed by atoms with Gasteiger partial charge in [0.1, 0.15) is 19.0 Å². The van der Waals surface area contributed by atoms with Crippen LogP contribution in [0.15, 0.2) is 36.4 Å². The van der Waals surface area contributed by atoms with Gasteiger partial charge in [0, 0.05) is 43.3 Å². The maximum atomic E-state index is 13.2. The van der Waals surface area contributed by atoms with E-state index in [0.29, 0.717) is 42.5 Å². The zero-order valence-electron chi connectivity index (χ0n) is 15.9. The Morgan fingerprint density at radius 3 is 2.72 bits per heavy atom. The van der Waals surface area contributed by atoms with E-state index < -0.39 is 11.7 Å². The Morgan fingerprint density at radius 1 is 1.21 bits per heavy atom. The number of benzene rings is 2. The average Bonchev–Trinajstić information content (AvgIpc) is 3.10. The van der Waals surface area contributed by atoms with Gasteiger partial charge < -0.3 is 19.3 Å². The molecule has 0 spiro atoms. The first kappa shape index (κ1) is 19.5. The number of fused-ring (bicyclic) bond motifs is 1. The summed E-state index contributed by atoms with van der Waals surface area (Å²) >= 11 is 6.06. The highest BCUT2D eigenvalue weighted by Gasteiger charge is 2.37. The lowest BCUT2D eigenvalue weighted by Crippen LogP contribution is -2.34. The van der Waals surface area contributed by atoms with Crippen molar-refractivity contribution in [3.8, 4) is 11.5 Å². The summed E-state index contributed by atoms with van der Waals surface area (Å²) in [6.07, 6.45) is 0.134. The second kappa shape index (κ2) is 7.91. The van der Waals surface area contributed by atoms with Gasteiger partial charge in [-0.3, -0.25) is 9.59 Å². The summed E-state index contributed by atoms with van der Waals surface area (Å²) < 4.78 is 24.3. The average molecular weight is 419 g/mol. The van der Waals surface area contributed by atoms with Crippen LogP contribution in [0.2, 0.25) is 5.02 Å². The van der Waals surface area contributed by atoms with Gasteiger partial charge in [0.15, 0.2) is 11.5 Å². The maximum Gasteiger partial charge on any atom is 0.228 e. The summed E-state index contributed by atoms with van der Waals surface area (Å²) in [5.74, 6) is 0.0886. The molecule has 2 aliphatic rings. The number of amides is 2. The van der Waals surface area contributed by atoms with Crippen molar-refractivity contribution in [3.05, 3.63) is 52.8 Å². The van der Waals surface area contributed by atoms with Crippen molar-refractivity contribution in [1.29, 1.82) is 0 Å². The minimum absolute atomic E-state index is 0.117. The van der Waals surface area contributed by atoms with Crippen LogP contribution in [-0.2, 0) is 16.1 Å². The Kier molecular flexibility index (Phi) is 5.32. The van der Waals surface area contributed by atoms with E-state index in [2.05, 4.69) is 0 Å². The van der Waals surface area contributed by atoms with Crippen molar-refractivity contribution in [2.24, 2.45) is 5.92 Å². The van der Waals surface area contributed by atoms with E-state index in [1.54, 1.807) is 36.2 Å². The SMILES string of the molecule is CN(Cc1ccc(F)cc1Cl)C(=O)C1CC(=O)N(c2ccc3c(c2)OCCO3)C1. The van der Waals surface area contributed by atoms with E-state index in [9.17, 15) is 14.0 Å². The van der Waals surface area contributed by atoms with Crippen LogP contribution in [0.1, 0.15) is 12.0 Å². The maximum absolute atomic E-state index is 13.2. The van der Waals surface area contributed by atoms with Crippen molar-refractivity contribution >= 4 is 29.1 Å². The van der Waals surface area contributed by atoms with Gasteiger partial charge in [-0.05, 0) is 29.8 Å². The fraction of sp³-hybridized carbons (Fsp3) is 0.333. The number of ether oxygens (including phenoxy) is 2. The number of carbonyl (C=O) groups excluding carboxylic acids is 2. The highest BCUT2D eigenvalue weighted by molar-refractivity contribution is 6.31. The molecule has 1 unspecified atom stereocenters. The van der Waals surface area contributed by atoms with Crippen LogP contribution in [-0.4, -0.2) is 43.5 Å². The smallest absolute Gasteiger partial charge is 0.228 e. The summed E-state index contributed by atoms with van der Waals surface area (Å²) in [7, 11) is 1.65. The Bertz CT molecular complexity index is 968. The van der Waals surface area contributed by atoms with Crippen molar-refractivity contribution in [2.75, 3.05) is 31.7 Å². The summed E-state index contributed by atoms with van der Waals surface area (Å²) in [5, 5.41) is 0.269. The molecule has 1 atom stereocenters. The van der Waals surface area contributed by atoms with Gasteiger partial charge in [-0.25, -0.2) is 4.39 Å². The minimum Gasteiger partial charge on any atom is -0.486 e. The fourth-order valence-electron chi connectivity index (χ4n) is 3.62. The summed E-state index contributed by atoms with van der Waals surface area (Å²) in [6.45, 7) is 1.49. The Hall–Kier alpha value is -2.80. The second-order valence-corrected chi connectivity index (χ2v) is 7.57. The monoisotopic (exact) mass is 418 g/mol. The van der Waals surface area contributed by atoms with Crippen LogP contribution in [0, 0.1) is 11.7 Å². The van der Waals surface area contributed by atoms with Crippen LogP contribution < -0.4 is 14.4 Å². The second-order valence-electron chi connectivity index (χ2n) is 7.16. The van der Waals surface area contributed by atoms with E-state index in [0.717, 1.165) is 0 Å². The standard InChI is InChI=1S/C21H20ClFN2O4/c1-24(11-13-2-3-15(23)9-17(13)22)21(27)14-8-20(26)25(12-14)16-4-5-18-19(10-16)29-7-6-28-18/h2-5,9-10,14H,6-8,11-12H2,1H3. The third-order valence-corrected chi connectivity index (χ3v) is 5.46. The first-order valence-corrected chi connectivity index (χ1v) is 9.69. The molecule has 2 aromatic carbocycles. The van der Waals surface area contributed by atoms with Crippen LogP contribution in [0.4, 0.5) is 10.1 Å². The zero-order valence-corrected chi connectivity index (χ0v) is 16.6. The van der Waals surface area contributed by atoms with Crippen LogP contribution in [0.3, 0.4) is 0 Å². The molecule has 2 amide bonds. The molecule has 1 fully saturated rings. The largest absolute Gasteiger partial charge is 0.486 e. The molecule has 0 aromatic heterocycles. The van der Waals surface area contributed by atoms with Crippen LogP contribution in [0.25, 0.3) is 0 Å². The molecule has 0 aliphatic carbocycles. The summed E-state index contributed by atoms with van der Waals surface area (Å²) in [4.78, 5) is 28.5. The molecule has 2 aromatic rings. The molecule has 8 heteroatoms. The van der Waals surface area contributed by atoms with Crippen molar-refractivity contribution in [2.45, 2.75) is 13.0 Å². The third-order valence-electron chi connectivity index (χ3n) is 5.11. The molecule has 152 valence electrons. The zero-order chi connectivity index (χ0) is 20.5. The van der Waals surface area contributed by atoms with Crippen molar-refractivity contribution in [3.63, 3.8) is 0 Å². The summed E-state index contributed by atoms with van der Waals surface area (Å²) in [6, 6.07) is 9.42. The van der Waals surface area contributed by atoms with Crippen LogP contribution in [0.5, 0.6) is 11.5 Å². The molecule has 0 radical (unpaired) electrons. The van der Waals surface area contributed by atoms with Gasteiger partial charge in [-0.15, -0.1) is 0 Å². The number of hydrogen-bond acceptors (Lipinski definition) is 4. The third kappa shape index (κ3) is 4.00. The fourth-order valence-corrected chi connectivity index (χ4v) is 3.84. The van der Waals surface area contributed by atoms with E-state index >= 15 is 0 Å². The Balaban J connectivity index is 1.45. The molecule has 1 saturated heterocycles. The number of rotatable bonds is 4. The van der Waals surface area contributed by atoms with Gasteiger partial charge in [0.2, 0.25) is 11.8 Å². The molecule has 6 nitrogen and oxygen atoms in total. The highest BCUT2D eigenvalue weighted by Crippen LogP contribution is 2.36. The quantitative estimate of drug-likeness (QED) is 0.764. The van der Waals surface area contributed by atoms with Gasteiger partial charge in [-0.2, -0.15) is 0 Å². The van der Waals surface area contributed by atoms with E-state index in [1.165, 1.54) is 17.0 Å². The molecular formula is C21H20ClFN2O4. The lowest BCUT2D eigenvalue weighted by atomic mass is 10.1. The van der Waals surface area contributed by atoms with Gasteiger partial charge in [-0.1, -0.05) is 17.7 Å². The van der Waals surface area contributed by atoms with Gasteiger partial charge >= 0.3 is 0 Å². The van der Waals surface area contributed by atoms with Crippen molar-refractivity contribution < 1.29 is 23.5 Å². The lowest BCUT2D eigenvalue weighted by Gasteiger charge is -2.23. The van der Waals surface area contributed by atoms with Crippen molar-refractivity contribution in [1.82, 2.24) is 4.90 Å². The first-order chi connectivity index (χ1) is 13.9. The molecule has 29 heavy (non-hydrogen) atoms. The molecule has 2 heterocycles. The predicted molar refractivity (Wildman–Crippen MR) is 106 cm³/mol. The number of hydrogen-bond donors (Lipinski definition) is 0. The molecule has 2 aliphatic heterocycles. The minimum atomic E-state index is -0.458. The highest BCUT2D eigenvalue weighted by atomic mass is 35.5. The topological polar surface area (TPSA) is 59.1 Å². The number of carbonyl (C=O) groups is 2. The van der Waals surface area contributed by atoms with Gasteiger partial charge in [0.05, 0.1) is 5.92 Å². The first-order valence-electron chi connectivity index (χ1n) is 9.31. The van der Waals surface area contributed by atoms with Gasteiger partial charge in [0.25, 0.3) is 0 Å². The van der Waals surface area contributed by atoms with E-state index in [-0.39, 0.29) is 29.8 Å². The van der Waals surface area contributed by atoms with Crippen LogP contribution >= 0.6 is 11.6 Å². The number of nitrogens with zero attached hydrogens (tertiary/aromatic N) is 2. The lowest BCUT2D eigenvalue weighted by molar-refractivity contribution is -0.135. The molecular weight excluding hydrogens is 399 g/mol. The number of anilines is 1. The summed E-state index contributed by atoms with van der Waals surface area (Å²) in [5.41, 5.74) is 1.33.